The molecule has 0 bridgehead atoms. The fraction of sp³-hybridized carbons (Fsp3) is 0.765. The molecular weight excluding hydrogens is 236 g/mol. The first-order chi connectivity index (χ1) is 8.09. The largest absolute Gasteiger partial charge is 0.119 e. The van der Waals surface area contributed by atoms with Crippen molar-refractivity contribution in [1.29, 1.82) is 0 Å². The molecule has 18 heavy (non-hydrogen) atoms. The van der Waals surface area contributed by atoms with Crippen molar-refractivity contribution in [2.24, 2.45) is 17.8 Å². The maximum Gasteiger partial charge on any atom is 0.0359 e. The summed E-state index contributed by atoms with van der Waals surface area (Å²) < 4.78 is 0.248. The van der Waals surface area contributed by atoms with Crippen LogP contribution in [-0.2, 0) is 0 Å². The first-order valence-electron chi connectivity index (χ1n) is 7.24. The predicted molar refractivity (Wildman–Crippen MR) is 85.9 cm³/mol. The third kappa shape index (κ3) is 2.87. The van der Waals surface area contributed by atoms with Crippen LogP contribution < -0.4 is 0 Å². The lowest BCUT2D eigenvalue weighted by molar-refractivity contribution is 0.645. The fourth-order valence-corrected chi connectivity index (χ4v) is 4.34. The summed E-state index contributed by atoms with van der Waals surface area (Å²) in [4.78, 5) is 1.62. The van der Waals surface area contributed by atoms with E-state index in [1.54, 1.807) is 21.6 Å². The predicted octanol–water partition coefficient (Wildman–Crippen LogP) is 6.05. The van der Waals surface area contributed by atoms with Crippen molar-refractivity contribution in [2.75, 3.05) is 0 Å². The monoisotopic (exact) mass is 266 g/mol. The number of hydrogen-bond donors (Lipinski definition) is 0. The molecule has 0 N–H and O–H groups in total. The van der Waals surface area contributed by atoms with E-state index in [1.807, 2.05) is 0 Å². The fourth-order valence-electron chi connectivity index (χ4n) is 2.83. The van der Waals surface area contributed by atoms with E-state index < -0.39 is 0 Å². The highest BCUT2D eigenvalue weighted by molar-refractivity contribution is 8.04. The summed E-state index contributed by atoms with van der Waals surface area (Å²) in [6.07, 6.45) is 0. The highest BCUT2D eigenvalue weighted by Crippen LogP contribution is 2.52. The molecule has 1 aliphatic heterocycles. The van der Waals surface area contributed by atoms with Crippen molar-refractivity contribution >= 4 is 11.8 Å². The summed E-state index contributed by atoms with van der Waals surface area (Å²) in [5.74, 6) is 1.88. The maximum absolute atomic E-state index is 2.37. The van der Waals surface area contributed by atoms with Gasteiger partial charge in [-0.25, -0.2) is 0 Å². The average Bonchev–Trinajstić information content (AvgIpc) is 2.19. The number of thioether (sulfide) groups is 1. The Balaban J connectivity index is 3.52. The van der Waals surface area contributed by atoms with E-state index in [-0.39, 0.29) is 4.75 Å². The second-order valence-corrected chi connectivity index (χ2v) is 8.56. The van der Waals surface area contributed by atoms with Crippen LogP contribution in [0.4, 0.5) is 0 Å². The van der Waals surface area contributed by atoms with Crippen LogP contribution in [0, 0.1) is 17.8 Å². The topological polar surface area (TPSA) is 0 Å². The average molecular weight is 266 g/mol. The minimum Gasteiger partial charge on any atom is -0.119 e. The van der Waals surface area contributed by atoms with Crippen LogP contribution in [0.15, 0.2) is 21.6 Å². The van der Waals surface area contributed by atoms with E-state index >= 15 is 0 Å². The quantitative estimate of drug-likeness (QED) is 0.599. The molecule has 0 aromatic rings. The van der Waals surface area contributed by atoms with Gasteiger partial charge in [0.2, 0.25) is 0 Å². The van der Waals surface area contributed by atoms with Gasteiger partial charge in [-0.2, -0.15) is 0 Å². The Bertz CT molecular complexity index is 370. The summed E-state index contributed by atoms with van der Waals surface area (Å²) in [6.45, 7) is 21.1. The van der Waals surface area contributed by atoms with Crippen molar-refractivity contribution in [3.05, 3.63) is 21.6 Å². The maximum atomic E-state index is 2.37. The summed E-state index contributed by atoms with van der Waals surface area (Å²) in [5.41, 5.74) is 4.83. The zero-order chi connectivity index (χ0) is 14.2. The molecule has 0 aromatic heterocycles. The van der Waals surface area contributed by atoms with Crippen LogP contribution in [0.5, 0.6) is 0 Å². The molecule has 0 saturated heterocycles. The molecule has 104 valence electrons. The Hall–Kier alpha value is -0.170. The van der Waals surface area contributed by atoms with Crippen LogP contribution in [0.25, 0.3) is 0 Å². The molecule has 1 rings (SSSR count). The Morgan fingerprint density at radius 2 is 1.22 bits per heavy atom. The van der Waals surface area contributed by atoms with Gasteiger partial charge in [-0.1, -0.05) is 47.1 Å². The summed E-state index contributed by atoms with van der Waals surface area (Å²) in [6, 6.07) is 0. The van der Waals surface area contributed by atoms with Gasteiger partial charge in [0.05, 0.1) is 0 Å². The lowest BCUT2D eigenvalue weighted by atomic mass is 9.80. The van der Waals surface area contributed by atoms with Crippen LogP contribution in [0.3, 0.4) is 0 Å². The number of allylic oxidation sites excluding steroid dienone is 3. The molecule has 0 aromatic carbocycles. The molecule has 0 fully saturated rings. The van der Waals surface area contributed by atoms with E-state index in [1.165, 1.54) is 0 Å². The molecule has 0 atom stereocenters. The van der Waals surface area contributed by atoms with Crippen molar-refractivity contribution in [3.8, 4) is 0 Å². The van der Waals surface area contributed by atoms with E-state index in [4.69, 9.17) is 0 Å². The van der Waals surface area contributed by atoms with Gasteiger partial charge in [0.15, 0.2) is 0 Å². The molecule has 1 aliphatic rings. The lowest BCUT2D eigenvalue weighted by Crippen LogP contribution is -2.27. The molecule has 0 aliphatic carbocycles. The van der Waals surface area contributed by atoms with Crippen LogP contribution in [0.2, 0.25) is 0 Å². The van der Waals surface area contributed by atoms with Crippen LogP contribution in [-0.4, -0.2) is 4.75 Å². The SMILES string of the molecule is CC1=C(C(C)C)C(C(C)C)=C(C(C)C)SC1(C)C. The highest BCUT2D eigenvalue weighted by atomic mass is 32.2. The third-order valence-corrected chi connectivity index (χ3v) is 5.63. The van der Waals surface area contributed by atoms with E-state index in [0.29, 0.717) is 17.8 Å². The second-order valence-electron chi connectivity index (χ2n) is 6.89. The Morgan fingerprint density at radius 3 is 1.56 bits per heavy atom. The zero-order valence-corrected chi connectivity index (χ0v) is 14.5. The molecule has 0 unspecified atom stereocenters. The van der Waals surface area contributed by atoms with Gasteiger partial charge in [0.1, 0.15) is 0 Å². The summed E-state index contributed by atoms with van der Waals surface area (Å²) >= 11 is 2.08. The Morgan fingerprint density at radius 1 is 0.778 bits per heavy atom. The van der Waals surface area contributed by atoms with Crippen molar-refractivity contribution in [3.63, 3.8) is 0 Å². The van der Waals surface area contributed by atoms with Crippen LogP contribution >= 0.6 is 11.8 Å². The molecule has 1 heteroatoms. The normalized spacial score (nSPS) is 20.7. The summed E-state index contributed by atoms with van der Waals surface area (Å²) in [5, 5.41) is 0. The molecule has 0 saturated carbocycles. The highest BCUT2D eigenvalue weighted by Gasteiger charge is 2.35. The standard InChI is InChI=1S/C17H30S/c1-10(2)14-13(7)17(8,9)18-16(12(5)6)15(14)11(3)4/h10-12H,1-9H3. The van der Waals surface area contributed by atoms with E-state index in [0.717, 1.165) is 0 Å². The van der Waals surface area contributed by atoms with Crippen molar-refractivity contribution in [1.82, 2.24) is 0 Å². The zero-order valence-electron chi connectivity index (χ0n) is 13.6. The second kappa shape index (κ2) is 5.45. The van der Waals surface area contributed by atoms with Crippen molar-refractivity contribution in [2.45, 2.75) is 67.1 Å². The minimum absolute atomic E-state index is 0.248. The van der Waals surface area contributed by atoms with E-state index in [9.17, 15) is 0 Å². The third-order valence-electron chi connectivity index (χ3n) is 3.91. The Kier molecular flexibility index (Phi) is 4.81. The van der Waals surface area contributed by atoms with Gasteiger partial charge in [0.25, 0.3) is 0 Å². The molecule has 0 spiro atoms. The smallest absolute Gasteiger partial charge is 0.0359 e. The van der Waals surface area contributed by atoms with Gasteiger partial charge >= 0.3 is 0 Å². The van der Waals surface area contributed by atoms with E-state index in [2.05, 4.69) is 74.1 Å². The molecule has 0 radical (unpaired) electrons. The van der Waals surface area contributed by atoms with Gasteiger partial charge in [-0.3, -0.25) is 0 Å². The molecule has 0 nitrogen and oxygen atoms in total. The van der Waals surface area contributed by atoms with Crippen molar-refractivity contribution < 1.29 is 0 Å². The minimum atomic E-state index is 0.248. The lowest BCUT2D eigenvalue weighted by Gasteiger charge is -2.40. The van der Waals surface area contributed by atoms with Gasteiger partial charge in [-0.05, 0) is 54.6 Å². The number of hydrogen-bond acceptors (Lipinski definition) is 1. The molecule has 0 amide bonds. The van der Waals surface area contributed by atoms with Crippen LogP contribution in [0.1, 0.15) is 62.3 Å². The Labute approximate surface area is 118 Å². The first-order valence-corrected chi connectivity index (χ1v) is 8.05. The molecule has 1 heterocycles. The van der Waals surface area contributed by atoms with Gasteiger partial charge < -0.3 is 0 Å². The van der Waals surface area contributed by atoms with Gasteiger partial charge in [0, 0.05) is 4.75 Å². The first kappa shape index (κ1) is 15.9. The molecular formula is C17H30S. The van der Waals surface area contributed by atoms with Gasteiger partial charge in [-0.15, -0.1) is 11.8 Å². The summed E-state index contributed by atoms with van der Waals surface area (Å²) in [7, 11) is 0. The number of rotatable bonds is 3.